The molecule has 0 atom stereocenters. The maximum atomic E-state index is 11.9. The van der Waals surface area contributed by atoms with Crippen LogP contribution in [0.3, 0.4) is 0 Å². The van der Waals surface area contributed by atoms with Crippen molar-refractivity contribution in [3.05, 3.63) is 60.2 Å². The molecule has 6 heteroatoms. The molecule has 0 amide bonds. The van der Waals surface area contributed by atoms with Crippen LogP contribution in [0, 0.1) is 0 Å². The van der Waals surface area contributed by atoms with E-state index >= 15 is 0 Å². The van der Waals surface area contributed by atoms with E-state index in [1.54, 1.807) is 24.5 Å². The summed E-state index contributed by atoms with van der Waals surface area (Å²) in [5, 5.41) is 0.927. The lowest BCUT2D eigenvalue weighted by molar-refractivity contribution is -0.143. The fraction of sp³-hybridized carbons (Fsp3) is 0.200. The quantitative estimate of drug-likeness (QED) is 0.508. The fourth-order valence-electron chi connectivity index (χ4n) is 2.81. The lowest BCUT2D eigenvalue weighted by Gasteiger charge is -2.37. The minimum atomic E-state index is -0.315. The predicted molar refractivity (Wildman–Crippen MR) is 104 cm³/mol. The van der Waals surface area contributed by atoms with Gasteiger partial charge >= 0.3 is 5.97 Å². The molecule has 4 rings (SSSR count). The zero-order valence-corrected chi connectivity index (χ0v) is 15.1. The minimum absolute atomic E-state index is 0.100. The summed E-state index contributed by atoms with van der Waals surface area (Å²) in [7, 11) is 1.65. The van der Waals surface area contributed by atoms with Crippen LogP contribution in [0.5, 0.6) is 5.75 Å². The number of esters is 1. The Kier molecular flexibility index (Phi) is 4.58. The standard InChI is InChI=1S/C20H18N2O3S/c1-24-16-8-5-9-17-19(16)21-20(26-17)22-12-15(13-22)25-18(23)11-10-14-6-3-2-4-7-14/h2-11,15H,12-13H2,1H3/b11-10+. The van der Waals surface area contributed by atoms with Crippen LogP contribution in [-0.2, 0) is 9.53 Å². The number of thiazole rings is 1. The highest BCUT2D eigenvalue weighted by Gasteiger charge is 2.31. The topological polar surface area (TPSA) is 51.7 Å². The molecule has 0 unspecified atom stereocenters. The zero-order valence-electron chi connectivity index (χ0n) is 14.3. The van der Waals surface area contributed by atoms with Gasteiger partial charge in [-0.1, -0.05) is 47.7 Å². The van der Waals surface area contributed by atoms with Gasteiger partial charge in [-0.25, -0.2) is 9.78 Å². The molecule has 3 aromatic rings. The van der Waals surface area contributed by atoms with E-state index in [0.29, 0.717) is 13.1 Å². The summed E-state index contributed by atoms with van der Waals surface area (Å²) in [6, 6.07) is 15.6. The van der Waals surface area contributed by atoms with Gasteiger partial charge in [0.25, 0.3) is 0 Å². The molecule has 0 radical (unpaired) electrons. The molecule has 1 aliphatic heterocycles. The van der Waals surface area contributed by atoms with Crippen molar-refractivity contribution in [2.75, 3.05) is 25.1 Å². The molecule has 0 N–H and O–H groups in total. The van der Waals surface area contributed by atoms with E-state index in [2.05, 4.69) is 9.88 Å². The van der Waals surface area contributed by atoms with Gasteiger partial charge in [0.1, 0.15) is 17.4 Å². The summed E-state index contributed by atoms with van der Waals surface area (Å²) in [6.45, 7) is 1.32. The van der Waals surface area contributed by atoms with Gasteiger partial charge in [0.15, 0.2) is 5.13 Å². The van der Waals surface area contributed by atoms with Crippen molar-refractivity contribution in [2.24, 2.45) is 0 Å². The average Bonchev–Trinajstić information content (AvgIpc) is 3.07. The van der Waals surface area contributed by atoms with Gasteiger partial charge < -0.3 is 14.4 Å². The summed E-state index contributed by atoms with van der Waals surface area (Å²) in [4.78, 5) is 18.7. The Bertz CT molecular complexity index is 946. The van der Waals surface area contributed by atoms with Gasteiger partial charge in [0, 0.05) is 6.08 Å². The van der Waals surface area contributed by atoms with Crippen molar-refractivity contribution in [3.63, 3.8) is 0 Å². The van der Waals surface area contributed by atoms with E-state index in [0.717, 1.165) is 26.7 Å². The first-order valence-electron chi connectivity index (χ1n) is 8.35. The fourth-order valence-corrected chi connectivity index (χ4v) is 3.81. The Morgan fingerprint density at radius 2 is 2.00 bits per heavy atom. The van der Waals surface area contributed by atoms with E-state index in [4.69, 9.17) is 9.47 Å². The average molecular weight is 366 g/mol. The highest BCUT2D eigenvalue weighted by atomic mass is 32.1. The lowest BCUT2D eigenvalue weighted by Crippen LogP contribution is -2.52. The SMILES string of the molecule is COc1cccc2sc(N3CC(OC(=O)/C=C/c4ccccc4)C3)nc12. The summed E-state index contributed by atoms with van der Waals surface area (Å²) in [5.41, 5.74) is 1.85. The summed E-state index contributed by atoms with van der Waals surface area (Å²) in [5.74, 6) is 0.462. The summed E-state index contributed by atoms with van der Waals surface area (Å²) < 4.78 is 11.9. The van der Waals surface area contributed by atoms with Crippen LogP contribution in [0.15, 0.2) is 54.6 Å². The number of methoxy groups -OCH3 is 1. The number of hydrogen-bond acceptors (Lipinski definition) is 6. The number of nitrogens with zero attached hydrogens (tertiary/aromatic N) is 2. The monoisotopic (exact) mass is 366 g/mol. The molecule has 0 aliphatic carbocycles. The highest BCUT2D eigenvalue weighted by molar-refractivity contribution is 7.22. The van der Waals surface area contributed by atoms with Crippen molar-refractivity contribution in [1.82, 2.24) is 4.98 Å². The normalized spacial score (nSPS) is 14.6. The molecule has 1 aromatic heterocycles. The van der Waals surface area contributed by atoms with E-state index in [1.165, 1.54) is 6.08 Å². The van der Waals surface area contributed by atoms with Crippen LogP contribution in [0.1, 0.15) is 5.56 Å². The highest BCUT2D eigenvalue weighted by Crippen LogP contribution is 2.35. The van der Waals surface area contributed by atoms with Crippen LogP contribution >= 0.6 is 11.3 Å². The number of carbonyl (C=O) groups excluding carboxylic acids is 1. The molecule has 132 valence electrons. The number of fused-ring (bicyclic) bond motifs is 1. The van der Waals surface area contributed by atoms with Gasteiger partial charge in [-0.15, -0.1) is 0 Å². The number of rotatable bonds is 5. The molecule has 2 heterocycles. The van der Waals surface area contributed by atoms with Crippen LogP contribution in [0.2, 0.25) is 0 Å². The van der Waals surface area contributed by atoms with Crippen molar-refractivity contribution in [1.29, 1.82) is 0 Å². The number of anilines is 1. The molecule has 0 spiro atoms. The van der Waals surface area contributed by atoms with Gasteiger partial charge in [-0.05, 0) is 23.8 Å². The Morgan fingerprint density at radius 3 is 2.77 bits per heavy atom. The minimum Gasteiger partial charge on any atom is -0.494 e. The first-order chi connectivity index (χ1) is 12.7. The second-order valence-corrected chi connectivity index (χ2v) is 7.02. The molecule has 5 nitrogen and oxygen atoms in total. The van der Waals surface area contributed by atoms with Gasteiger partial charge in [-0.2, -0.15) is 0 Å². The molecule has 1 fully saturated rings. The van der Waals surface area contributed by atoms with Crippen LogP contribution in [0.25, 0.3) is 16.3 Å². The van der Waals surface area contributed by atoms with Crippen molar-refractivity contribution < 1.29 is 14.3 Å². The number of benzene rings is 2. The Hall–Kier alpha value is -2.86. The second kappa shape index (κ2) is 7.17. The van der Waals surface area contributed by atoms with Gasteiger partial charge in [-0.3, -0.25) is 0 Å². The van der Waals surface area contributed by atoms with Crippen LogP contribution in [-0.4, -0.2) is 37.3 Å². The largest absolute Gasteiger partial charge is 0.494 e. The molecule has 0 saturated carbocycles. The van der Waals surface area contributed by atoms with E-state index < -0.39 is 0 Å². The van der Waals surface area contributed by atoms with Crippen LogP contribution < -0.4 is 9.64 Å². The van der Waals surface area contributed by atoms with E-state index in [1.807, 2.05) is 48.5 Å². The maximum Gasteiger partial charge on any atom is 0.331 e. The zero-order chi connectivity index (χ0) is 17.9. The lowest BCUT2D eigenvalue weighted by atomic mass is 10.2. The first kappa shape index (κ1) is 16.6. The number of carbonyl (C=O) groups is 1. The molecule has 2 aromatic carbocycles. The van der Waals surface area contributed by atoms with E-state index in [-0.39, 0.29) is 12.1 Å². The second-order valence-electron chi connectivity index (χ2n) is 6.01. The van der Waals surface area contributed by atoms with Crippen LogP contribution in [0.4, 0.5) is 5.13 Å². The predicted octanol–water partition coefficient (Wildman–Crippen LogP) is 3.75. The van der Waals surface area contributed by atoms with Crippen molar-refractivity contribution >= 4 is 38.7 Å². The Balaban J connectivity index is 1.34. The first-order valence-corrected chi connectivity index (χ1v) is 9.17. The number of ether oxygens (including phenoxy) is 2. The molecular weight excluding hydrogens is 348 g/mol. The van der Waals surface area contributed by atoms with Crippen molar-refractivity contribution in [3.8, 4) is 5.75 Å². The third-order valence-electron chi connectivity index (χ3n) is 4.20. The third kappa shape index (κ3) is 3.41. The maximum absolute atomic E-state index is 11.9. The number of para-hydroxylation sites is 1. The molecule has 1 aliphatic rings. The number of hydrogen-bond donors (Lipinski definition) is 0. The van der Waals surface area contributed by atoms with Gasteiger partial charge in [0.05, 0.1) is 24.9 Å². The third-order valence-corrected chi connectivity index (χ3v) is 5.28. The smallest absolute Gasteiger partial charge is 0.331 e. The van der Waals surface area contributed by atoms with E-state index in [9.17, 15) is 4.79 Å². The summed E-state index contributed by atoms with van der Waals surface area (Å²) >= 11 is 1.62. The molecule has 26 heavy (non-hydrogen) atoms. The van der Waals surface area contributed by atoms with Crippen molar-refractivity contribution in [2.45, 2.75) is 6.10 Å². The molecule has 1 saturated heterocycles. The Labute approximate surface area is 155 Å². The number of aromatic nitrogens is 1. The van der Waals surface area contributed by atoms with Gasteiger partial charge in [0.2, 0.25) is 0 Å². The molecular formula is C20H18N2O3S. The molecule has 0 bridgehead atoms. The Morgan fingerprint density at radius 1 is 1.19 bits per heavy atom. The summed E-state index contributed by atoms with van der Waals surface area (Å²) in [6.07, 6.45) is 3.14.